The van der Waals surface area contributed by atoms with Gasteiger partial charge in [-0.15, -0.1) is 0 Å². The van der Waals surface area contributed by atoms with Gasteiger partial charge >= 0.3 is 6.01 Å². The van der Waals surface area contributed by atoms with Crippen molar-refractivity contribution in [3.63, 3.8) is 0 Å². The molecule has 10 heteroatoms. The molecule has 1 amide bonds. The molecule has 2 aromatic carbocycles. The summed E-state index contributed by atoms with van der Waals surface area (Å²) >= 11 is 0. The molecular formula is C34H40FN7O2. The highest BCUT2D eigenvalue weighted by atomic mass is 19.1. The van der Waals surface area contributed by atoms with Crippen LogP contribution in [0.3, 0.4) is 0 Å². The molecule has 6 rings (SSSR count). The first kappa shape index (κ1) is 29.8. The fraction of sp³-hybridized carbons (Fsp3) is 0.471. The molecule has 3 aliphatic rings. The van der Waals surface area contributed by atoms with Crippen molar-refractivity contribution < 1.29 is 13.9 Å². The van der Waals surface area contributed by atoms with E-state index < -0.39 is 17.8 Å². The van der Waals surface area contributed by atoms with E-state index in [4.69, 9.17) is 14.7 Å². The molecule has 0 spiro atoms. The lowest BCUT2D eigenvalue weighted by molar-refractivity contribution is -0.131. The van der Waals surface area contributed by atoms with Gasteiger partial charge in [0.15, 0.2) is 5.83 Å². The van der Waals surface area contributed by atoms with E-state index in [1.54, 1.807) is 0 Å². The molecule has 0 aliphatic carbocycles. The first-order valence-electron chi connectivity index (χ1n) is 15.6. The number of halogens is 1. The molecule has 4 heterocycles. The molecule has 44 heavy (non-hydrogen) atoms. The summed E-state index contributed by atoms with van der Waals surface area (Å²) in [7, 11) is 2.12. The summed E-state index contributed by atoms with van der Waals surface area (Å²) in [5.41, 5.74) is 4.51. The van der Waals surface area contributed by atoms with Crippen molar-refractivity contribution >= 4 is 28.2 Å². The zero-order valence-electron chi connectivity index (χ0n) is 25.6. The summed E-state index contributed by atoms with van der Waals surface area (Å²) in [6, 6.07) is 15.3. The number of carbonyl (C=O) groups is 1. The van der Waals surface area contributed by atoms with Gasteiger partial charge in [0.2, 0.25) is 0 Å². The fourth-order valence-corrected chi connectivity index (χ4v) is 6.99. The van der Waals surface area contributed by atoms with E-state index in [0.717, 1.165) is 55.8 Å². The Morgan fingerprint density at radius 1 is 1.11 bits per heavy atom. The Morgan fingerprint density at radius 2 is 1.93 bits per heavy atom. The number of rotatable bonds is 8. The third-order valence-electron chi connectivity index (χ3n) is 9.39. The Morgan fingerprint density at radius 3 is 2.66 bits per heavy atom. The molecule has 0 radical (unpaired) electrons. The number of hydrogen-bond acceptors (Lipinski definition) is 8. The van der Waals surface area contributed by atoms with Crippen molar-refractivity contribution in [3.8, 4) is 12.1 Å². The van der Waals surface area contributed by atoms with Crippen LogP contribution in [0.4, 0.5) is 15.9 Å². The van der Waals surface area contributed by atoms with Gasteiger partial charge in [-0.25, -0.2) is 4.39 Å². The highest BCUT2D eigenvalue weighted by Crippen LogP contribution is 2.36. The van der Waals surface area contributed by atoms with Crippen molar-refractivity contribution in [2.45, 2.75) is 57.7 Å². The number of amides is 1. The molecule has 3 aromatic rings. The highest BCUT2D eigenvalue weighted by Gasteiger charge is 2.35. The molecule has 1 aromatic heterocycles. The van der Waals surface area contributed by atoms with Gasteiger partial charge in [-0.3, -0.25) is 4.79 Å². The van der Waals surface area contributed by atoms with Crippen molar-refractivity contribution in [2.75, 3.05) is 56.2 Å². The van der Waals surface area contributed by atoms with E-state index in [1.807, 2.05) is 0 Å². The minimum atomic E-state index is -1.01. The Bertz CT molecular complexity index is 1600. The topological polar surface area (TPSA) is 88.8 Å². The Kier molecular flexibility index (Phi) is 8.67. The zero-order valence-corrected chi connectivity index (χ0v) is 25.6. The fourth-order valence-electron chi connectivity index (χ4n) is 6.99. The monoisotopic (exact) mass is 597 g/mol. The number of carbonyl (C=O) groups excluding carboxylic acids is 1. The lowest BCUT2D eigenvalue weighted by atomic mass is 9.98. The van der Waals surface area contributed by atoms with Crippen LogP contribution in [0.5, 0.6) is 6.01 Å². The van der Waals surface area contributed by atoms with Crippen LogP contribution in [0.15, 0.2) is 48.8 Å². The molecule has 0 bridgehead atoms. The van der Waals surface area contributed by atoms with Crippen LogP contribution >= 0.6 is 0 Å². The van der Waals surface area contributed by atoms with Gasteiger partial charge in [0.1, 0.15) is 12.4 Å². The van der Waals surface area contributed by atoms with Gasteiger partial charge in [0.25, 0.3) is 5.91 Å². The molecule has 2 fully saturated rings. The highest BCUT2D eigenvalue weighted by molar-refractivity contribution is 5.97. The van der Waals surface area contributed by atoms with Crippen LogP contribution in [0.2, 0.25) is 0 Å². The molecule has 9 nitrogen and oxygen atoms in total. The summed E-state index contributed by atoms with van der Waals surface area (Å²) in [6.45, 7) is 9.47. The number of anilines is 2. The quantitative estimate of drug-likeness (QED) is 0.347. The molecule has 230 valence electrons. The number of benzene rings is 2. The molecule has 2 saturated heterocycles. The number of hydrogen-bond donors (Lipinski definition) is 0. The first-order valence-corrected chi connectivity index (χ1v) is 15.6. The maximum atomic E-state index is 13.8. The smallest absolute Gasteiger partial charge is 0.318 e. The second-order valence-corrected chi connectivity index (χ2v) is 12.0. The van der Waals surface area contributed by atoms with E-state index >= 15 is 0 Å². The average molecular weight is 598 g/mol. The van der Waals surface area contributed by atoms with Crippen LogP contribution in [-0.4, -0.2) is 84.1 Å². The maximum absolute atomic E-state index is 13.8. The van der Waals surface area contributed by atoms with Crippen LogP contribution in [-0.2, 0) is 24.2 Å². The van der Waals surface area contributed by atoms with Crippen molar-refractivity contribution in [1.82, 2.24) is 19.8 Å². The average Bonchev–Trinajstić information content (AvgIpc) is 3.46. The van der Waals surface area contributed by atoms with Gasteiger partial charge < -0.3 is 24.3 Å². The Balaban J connectivity index is 1.34. The predicted molar refractivity (Wildman–Crippen MR) is 169 cm³/mol. The normalized spacial score (nSPS) is 20.5. The van der Waals surface area contributed by atoms with Crippen LogP contribution in [0.1, 0.15) is 43.0 Å². The first-order chi connectivity index (χ1) is 21.4. The Hall–Kier alpha value is -4.23. The number of aromatic nitrogens is 2. The Labute approximate surface area is 258 Å². The molecule has 0 N–H and O–H groups in total. The molecular weight excluding hydrogens is 557 g/mol. The maximum Gasteiger partial charge on any atom is 0.318 e. The second-order valence-electron chi connectivity index (χ2n) is 12.0. The number of likely N-dealkylation sites (N-methyl/N-ethyl adjacent to an activating group) is 1. The lowest BCUT2D eigenvalue weighted by Gasteiger charge is -2.42. The minimum absolute atomic E-state index is 0.0921. The molecule has 0 saturated carbocycles. The summed E-state index contributed by atoms with van der Waals surface area (Å²) < 4.78 is 20.1. The number of ether oxygens (including phenoxy) is 1. The van der Waals surface area contributed by atoms with Gasteiger partial charge in [-0.1, -0.05) is 43.8 Å². The largest absolute Gasteiger partial charge is 0.462 e. The van der Waals surface area contributed by atoms with Crippen molar-refractivity contribution in [1.29, 1.82) is 5.26 Å². The van der Waals surface area contributed by atoms with Crippen molar-refractivity contribution in [3.05, 3.63) is 65.6 Å². The van der Waals surface area contributed by atoms with E-state index in [9.17, 15) is 14.4 Å². The minimum Gasteiger partial charge on any atom is -0.462 e. The van der Waals surface area contributed by atoms with E-state index in [2.05, 4.69) is 77.7 Å². The van der Waals surface area contributed by atoms with Crippen LogP contribution < -0.4 is 14.5 Å². The number of nitriles is 1. The predicted octanol–water partition coefficient (Wildman–Crippen LogP) is 4.64. The van der Waals surface area contributed by atoms with Gasteiger partial charge in [-0.05, 0) is 56.3 Å². The molecule has 3 aliphatic heterocycles. The van der Waals surface area contributed by atoms with Gasteiger partial charge in [-0.2, -0.15) is 15.2 Å². The van der Waals surface area contributed by atoms with E-state index in [0.29, 0.717) is 38.3 Å². The molecule has 2 atom stereocenters. The lowest BCUT2D eigenvalue weighted by Crippen LogP contribution is -2.55. The summed E-state index contributed by atoms with van der Waals surface area (Å²) in [5, 5.41) is 12.0. The van der Waals surface area contributed by atoms with Gasteiger partial charge in [0, 0.05) is 48.9 Å². The van der Waals surface area contributed by atoms with Crippen LogP contribution in [0, 0.1) is 11.3 Å². The van der Waals surface area contributed by atoms with E-state index in [1.165, 1.54) is 26.9 Å². The van der Waals surface area contributed by atoms with E-state index in [-0.39, 0.29) is 13.0 Å². The number of piperazine rings is 1. The van der Waals surface area contributed by atoms with Gasteiger partial charge in [0.05, 0.1) is 30.8 Å². The number of nitrogens with zero attached hydrogens (tertiary/aromatic N) is 7. The number of likely N-dealkylation sites (tertiary alicyclic amines) is 1. The summed E-state index contributed by atoms with van der Waals surface area (Å²) in [5.74, 6) is -0.977. The number of aryl methyl sites for hydroxylation is 1. The summed E-state index contributed by atoms with van der Waals surface area (Å²) in [4.78, 5) is 30.7. The zero-order chi connectivity index (χ0) is 30.8. The second kappa shape index (κ2) is 12.8. The SMILES string of the molecule is C=C(F)C(=O)N1CCN(c2nc(OC[C@@H]3CCCN3C)nc3c2CCN(c2cccc4cccc(CC)c24)C3)C[C@@H]1CC#N. The molecule has 0 unspecified atom stereocenters. The van der Waals surface area contributed by atoms with Crippen molar-refractivity contribution in [2.24, 2.45) is 0 Å². The summed E-state index contributed by atoms with van der Waals surface area (Å²) in [6.07, 6.45) is 4.01. The standard InChI is InChI=1S/C34H40FN7O2/c1-4-24-8-5-9-25-10-6-12-30(31(24)25)40-17-14-28-29(21-40)37-34(44-22-27-11-7-16-39(27)3)38-32(28)41-18-19-42(33(43)23(2)35)26(20-41)13-15-36/h5-6,8-10,12,26-27H,2,4,7,11,13-14,16-22H2,1,3H3/t26-,27-/m0/s1. The van der Waals surface area contributed by atoms with Crippen LogP contribution in [0.25, 0.3) is 10.8 Å². The third-order valence-corrected chi connectivity index (χ3v) is 9.39. The number of fused-ring (bicyclic) bond motifs is 2. The third kappa shape index (κ3) is 5.81.